The second kappa shape index (κ2) is 6.60. The molecule has 2 aromatic rings. The minimum absolute atomic E-state index is 0.162. The van der Waals surface area contributed by atoms with E-state index in [0.717, 1.165) is 0 Å². The van der Waals surface area contributed by atoms with Crippen molar-refractivity contribution in [1.29, 1.82) is 0 Å². The van der Waals surface area contributed by atoms with E-state index in [1.807, 2.05) is 0 Å². The molecule has 0 atom stereocenters. The first-order chi connectivity index (χ1) is 9.24. The number of amides is 1. The van der Waals surface area contributed by atoms with Crippen LogP contribution in [0.5, 0.6) is 0 Å². The molecular weight excluding hydrogens is 251 g/mol. The average Bonchev–Trinajstić information content (AvgIpc) is 2.91. The third-order valence-corrected chi connectivity index (χ3v) is 2.35. The van der Waals surface area contributed by atoms with Gasteiger partial charge in [-0.1, -0.05) is 5.16 Å². The van der Waals surface area contributed by atoms with Crippen LogP contribution >= 0.6 is 0 Å². The maximum atomic E-state index is 12.7. The monoisotopic (exact) mass is 264 g/mol. The zero-order valence-electron chi connectivity index (χ0n) is 10.1. The predicted molar refractivity (Wildman–Crippen MR) is 65.9 cm³/mol. The fourth-order valence-corrected chi connectivity index (χ4v) is 1.44. The van der Waals surface area contributed by atoms with Crippen LogP contribution in [0, 0.1) is 5.82 Å². The summed E-state index contributed by atoms with van der Waals surface area (Å²) >= 11 is 0. The Labute approximate surface area is 109 Å². The van der Waals surface area contributed by atoms with Gasteiger partial charge in [0.15, 0.2) is 5.82 Å². The van der Waals surface area contributed by atoms with E-state index in [9.17, 15) is 9.18 Å². The summed E-state index contributed by atoms with van der Waals surface area (Å²) in [7, 11) is 0. The van der Waals surface area contributed by atoms with Crippen LogP contribution in [-0.2, 0) is 11.2 Å². The van der Waals surface area contributed by atoms with Gasteiger partial charge in [0.05, 0.1) is 6.54 Å². The average molecular weight is 264 g/mol. The van der Waals surface area contributed by atoms with Crippen molar-refractivity contribution in [3.8, 4) is 0 Å². The molecule has 19 heavy (non-hydrogen) atoms. The van der Waals surface area contributed by atoms with Crippen molar-refractivity contribution in [3.63, 3.8) is 0 Å². The van der Waals surface area contributed by atoms with Gasteiger partial charge in [0, 0.05) is 18.7 Å². The summed E-state index contributed by atoms with van der Waals surface area (Å²) in [4.78, 5) is 15.4. The Bertz CT molecular complexity index is 513. The number of nitrogens with zero attached hydrogens (tertiary/aromatic N) is 2. The summed E-state index contributed by atoms with van der Waals surface area (Å²) in [5, 5.41) is 9.24. The molecule has 1 amide bonds. The number of carbonyl (C=O) groups excluding carboxylic acids is 1. The van der Waals surface area contributed by atoms with Crippen LogP contribution < -0.4 is 10.6 Å². The molecule has 2 N–H and O–H groups in total. The van der Waals surface area contributed by atoms with E-state index in [0.29, 0.717) is 24.5 Å². The Morgan fingerprint density at radius 2 is 2.11 bits per heavy atom. The van der Waals surface area contributed by atoms with Gasteiger partial charge in [-0.3, -0.25) is 4.79 Å². The largest absolute Gasteiger partial charge is 0.343 e. The molecule has 0 fully saturated rings. The quantitative estimate of drug-likeness (QED) is 0.760. The Kier molecular flexibility index (Phi) is 4.57. The number of anilines is 1. The molecule has 1 aromatic heterocycles. The summed E-state index contributed by atoms with van der Waals surface area (Å²) in [6, 6.07) is 5.59. The molecule has 0 aliphatic heterocycles. The van der Waals surface area contributed by atoms with Gasteiger partial charge < -0.3 is 15.2 Å². The summed E-state index contributed by atoms with van der Waals surface area (Å²) in [6.07, 6.45) is 1.84. The SMILES string of the molecule is O=C(CNCCc1ncon1)Nc1ccc(F)cc1. The minimum atomic E-state index is -0.337. The first-order valence-corrected chi connectivity index (χ1v) is 5.75. The first kappa shape index (κ1) is 13.2. The van der Waals surface area contributed by atoms with E-state index in [-0.39, 0.29) is 18.3 Å². The molecule has 0 aliphatic carbocycles. The number of halogens is 1. The highest BCUT2D eigenvalue weighted by Gasteiger charge is 2.03. The molecular formula is C12H13FN4O2. The summed E-state index contributed by atoms with van der Waals surface area (Å²) in [5.41, 5.74) is 0.561. The van der Waals surface area contributed by atoms with E-state index >= 15 is 0 Å². The van der Waals surface area contributed by atoms with Crippen LogP contribution in [0.25, 0.3) is 0 Å². The topological polar surface area (TPSA) is 80.1 Å². The van der Waals surface area contributed by atoms with Gasteiger partial charge in [-0.2, -0.15) is 4.98 Å². The highest BCUT2D eigenvalue weighted by molar-refractivity contribution is 5.92. The second-order valence-corrected chi connectivity index (χ2v) is 3.83. The van der Waals surface area contributed by atoms with Gasteiger partial charge in [-0.05, 0) is 24.3 Å². The van der Waals surface area contributed by atoms with Crippen molar-refractivity contribution in [2.45, 2.75) is 6.42 Å². The van der Waals surface area contributed by atoms with Crippen LogP contribution in [0.1, 0.15) is 5.82 Å². The molecule has 0 spiro atoms. The molecule has 1 aromatic carbocycles. The third-order valence-electron chi connectivity index (χ3n) is 2.35. The highest BCUT2D eigenvalue weighted by atomic mass is 19.1. The van der Waals surface area contributed by atoms with Gasteiger partial charge in [-0.25, -0.2) is 4.39 Å². The maximum absolute atomic E-state index is 12.7. The molecule has 0 saturated carbocycles. The van der Waals surface area contributed by atoms with E-state index < -0.39 is 0 Å². The Balaban J connectivity index is 1.65. The molecule has 0 aliphatic rings. The minimum Gasteiger partial charge on any atom is -0.343 e. The van der Waals surface area contributed by atoms with E-state index in [4.69, 9.17) is 0 Å². The van der Waals surface area contributed by atoms with Crippen molar-refractivity contribution in [3.05, 3.63) is 42.3 Å². The lowest BCUT2D eigenvalue weighted by Gasteiger charge is -2.05. The standard InChI is InChI=1S/C12H13FN4O2/c13-9-1-3-10(4-2-9)16-12(18)7-14-6-5-11-15-8-19-17-11/h1-4,8,14H,5-7H2,(H,16,18). The summed E-state index contributed by atoms with van der Waals surface area (Å²) < 4.78 is 17.2. The second-order valence-electron chi connectivity index (χ2n) is 3.83. The van der Waals surface area contributed by atoms with Crippen LogP contribution in [0.4, 0.5) is 10.1 Å². The van der Waals surface area contributed by atoms with Gasteiger partial charge >= 0.3 is 0 Å². The molecule has 2 rings (SSSR count). The molecule has 0 saturated heterocycles. The van der Waals surface area contributed by atoms with Crippen LogP contribution in [0.3, 0.4) is 0 Å². The fourth-order valence-electron chi connectivity index (χ4n) is 1.44. The number of rotatable bonds is 6. The lowest BCUT2D eigenvalue weighted by atomic mass is 10.3. The number of nitrogens with one attached hydrogen (secondary N) is 2. The third kappa shape index (κ3) is 4.47. The number of carbonyl (C=O) groups is 1. The van der Waals surface area contributed by atoms with E-state index in [1.54, 1.807) is 0 Å². The smallest absolute Gasteiger partial charge is 0.238 e. The normalized spacial score (nSPS) is 10.4. The van der Waals surface area contributed by atoms with Crippen molar-refractivity contribution in [2.75, 3.05) is 18.4 Å². The van der Waals surface area contributed by atoms with Crippen LogP contribution in [0.2, 0.25) is 0 Å². The lowest BCUT2D eigenvalue weighted by Crippen LogP contribution is -2.29. The van der Waals surface area contributed by atoms with Gasteiger partial charge in [0.1, 0.15) is 5.82 Å². The summed E-state index contributed by atoms with van der Waals surface area (Å²) in [5.74, 6) is 0.0578. The zero-order valence-corrected chi connectivity index (χ0v) is 10.1. The Morgan fingerprint density at radius 1 is 1.32 bits per heavy atom. The number of aromatic nitrogens is 2. The highest BCUT2D eigenvalue weighted by Crippen LogP contribution is 2.07. The summed E-state index contributed by atoms with van der Waals surface area (Å²) in [6.45, 7) is 0.728. The Morgan fingerprint density at radius 3 is 2.79 bits per heavy atom. The van der Waals surface area contributed by atoms with Crippen molar-refractivity contribution < 1.29 is 13.7 Å². The van der Waals surface area contributed by atoms with Crippen molar-refractivity contribution in [2.24, 2.45) is 0 Å². The lowest BCUT2D eigenvalue weighted by molar-refractivity contribution is -0.115. The number of hydrogen-bond acceptors (Lipinski definition) is 5. The van der Waals surface area contributed by atoms with Crippen molar-refractivity contribution in [1.82, 2.24) is 15.5 Å². The molecule has 0 radical (unpaired) electrons. The molecule has 0 bridgehead atoms. The van der Waals surface area contributed by atoms with Crippen LogP contribution in [0.15, 0.2) is 35.2 Å². The zero-order chi connectivity index (χ0) is 13.5. The molecule has 1 heterocycles. The van der Waals surface area contributed by atoms with E-state index in [1.165, 1.54) is 30.7 Å². The van der Waals surface area contributed by atoms with E-state index in [2.05, 4.69) is 25.3 Å². The first-order valence-electron chi connectivity index (χ1n) is 5.75. The van der Waals surface area contributed by atoms with Crippen LogP contribution in [-0.4, -0.2) is 29.1 Å². The van der Waals surface area contributed by atoms with Gasteiger partial charge in [0.25, 0.3) is 0 Å². The fraction of sp³-hybridized carbons (Fsp3) is 0.250. The number of hydrogen-bond donors (Lipinski definition) is 2. The van der Waals surface area contributed by atoms with Gasteiger partial charge in [0.2, 0.25) is 12.3 Å². The molecule has 100 valence electrons. The Hall–Kier alpha value is -2.28. The molecule has 6 nitrogen and oxygen atoms in total. The van der Waals surface area contributed by atoms with Gasteiger partial charge in [-0.15, -0.1) is 0 Å². The molecule has 0 unspecified atom stereocenters. The maximum Gasteiger partial charge on any atom is 0.238 e. The number of benzene rings is 1. The molecule has 7 heteroatoms. The van der Waals surface area contributed by atoms with Crippen molar-refractivity contribution >= 4 is 11.6 Å². The predicted octanol–water partition coefficient (Wildman–Crippen LogP) is 0.979.